The standard InChI is InChI=1S/C44H75O13P/c1-3-5-7-9-11-13-15-17-19-21-23-25-27-29-31-33-38(46)56-36(35-55-58(52,53)57-44-42(50)40(48)39(47)41(49)43(44)51)34-54-37(45)32-30-28-26-24-22-20-18-16-14-12-10-8-6-4-2/h5,7,10-13,16-19,36,39-44,47-51H,3-4,6,8-9,14-15,20-35H2,1-2H3,(H,52,53)/b7-5+,12-10+,13-11+,18-16+,19-17+/t36-,39?,40-,41?,42?,43?,44?/m0/s1. The molecular formula is C44H75O13P. The molecule has 0 aromatic carbocycles. The van der Waals surface area contributed by atoms with E-state index in [1.165, 1.54) is 12.8 Å². The molecular weight excluding hydrogens is 767 g/mol. The molecule has 0 amide bonds. The van der Waals surface area contributed by atoms with Crippen LogP contribution in [0.5, 0.6) is 0 Å². The van der Waals surface area contributed by atoms with Gasteiger partial charge in [-0.1, -0.05) is 126 Å². The second kappa shape index (κ2) is 34.3. The van der Waals surface area contributed by atoms with Gasteiger partial charge in [-0.3, -0.25) is 18.6 Å². The lowest BCUT2D eigenvalue weighted by atomic mass is 9.85. The average molecular weight is 843 g/mol. The van der Waals surface area contributed by atoms with Gasteiger partial charge in [0.15, 0.2) is 6.10 Å². The van der Waals surface area contributed by atoms with Crippen molar-refractivity contribution in [1.29, 1.82) is 0 Å². The van der Waals surface area contributed by atoms with Crippen molar-refractivity contribution in [1.82, 2.24) is 0 Å². The number of aliphatic hydroxyl groups excluding tert-OH is 5. The van der Waals surface area contributed by atoms with E-state index < -0.39 is 75.7 Å². The number of phosphoric ester groups is 1. The molecule has 6 N–H and O–H groups in total. The maximum atomic E-state index is 12.8. The van der Waals surface area contributed by atoms with E-state index in [1.807, 2.05) is 0 Å². The van der Waals surface area contributed by atoms with Crippen LogP contribution in [-0.2, 0) is 32.7 Å². The van der Waals surface area contributed by atoms with Crippen molar-refractivity contribution in [2.75, 3.05) is 13.2 Å². The molecule has 13 nitrogen and oxygen atoms in total. The van der Waals surface area contributed by atoms with E-state index in [0.29, 0.717) is 12.8 Å². The minimum atomic E-state index is -5.13. The predicted octanol–water partition coefficient (Wildman–Crippen LogP) is 7.77. The van der Waals surface area contributed by atoms with Crippen molar-refractivity contribution >= 4 is 19.8 Å². The number of carbonyl (C=O) groups excluding carboxylic acids is 2. The fourth-order valence-electron chi connectivity index (χ4n) is 6.08. The summed E-state index contributed by atoms with van der Waals surface area (Å²) in [5.41, 5.74) is 0. The molecule has 1 fully saturated rings. The minimum absolute atomic E-state index is 0.0713. The van der Waals surface area contributed by atoms with Gasteiger partial charge in [0.2, 0.25) is 0 Å². The Balaban J connectivity index is 2.52. The lowest BCUT2D eigenvalue weighted by Gasteiger charge is -2.41. The number of aliphatic hydroxyl groups is 5. The second-order valence-electron chi connectivity index (χ2n) is 14.8. The fraction of sp³-hybridized carbons (Fsp3) is 0.727. The highest BCUT2D eigenvalue weighted by Gasteiger charge is 2.51. The van der Waals surface area contributed by atoms with Crippen molar-refractivity contribution in [3.8, 4) is 0 Å². The molecule has 8 atom stereocenters. The lowest BCUT2D eigenvalue weighted by molar-refractivity contribution is -0.220. The third-order valence-corrected chi connectivity index (χ3v) is 10.6. The summed E-state index contributed by atoms with van der Waals surface area (Å²) in [6.45, 7) is 3.10. The minimum Gasteiger partial charge on any atom is -0.462 e. The van der Waals surface area contributed by atoms with E-state index in [4.69, 9.17) is 18.5 Å². The normalized spacial score (nSPS) is 23.1. The third kappa shape index (κ3) is 26.6. The number of rotatable bonds is 34. The molecule has 0 aliphatic heterocycles. The first-order valence-electron chi connectivity index (χ1n) is 21.6. The fourth-order valence-corrected chi connectivity index (χ4v) is 7.05. The molecule has 1 rings (SSSR count). The smallest absolute Gasteiger partial charge is 0.462 e. The summed E-state index contributed by atoms with van der Waals surface area (Å²) in [6, 6.07) is 0. The van der Waals surface area contributed by atoms with Gasteiger partial charge in [-0.25, -0.2) is 4.57 Å². The SMILES string of the molecule is CC/C=C/C/C=C/C/C=C/CCCCCCCC(=O)O[C@@H](COC(=O)CCCCCCC/C=C/C/C=C/CCCC)COP(=O)(O)OC1C(O)C(O)C(O)[C@H](O)C1O. The molecule has 0 heterocycles. The molecule has 0 bridgehead atoms. The average Bonchev–Trinajstić information content (AvgIpc) is 3.20. The summed E-state index contributed by atoms with van der Waals surface area (Å²) in [6.07, 6.45) is 27.1. The topological polar surface area (TPSA) is 210 Å². The van der Waals surface area contributed by atoms with Gasteiger partial charge < -0.3 is 39.9 Å². The van der Waals surface area contributed by atoms with Crippen LogP contribution in [0.4, 0.5) is 0 Å². The Morgan fingerprint density at radius 3 is 1.50 bits per heavy atom. The van der Waals surface area contributed by atoms with Gasteiger partial charge >= 0.3 is 19.8 Å². The van der Waals surface area contributed by atoms with E-state index in [9.17, 15) is 44.6 Å². The Labute approximate surface area is 347 Å². The van der Waals surface area contributed by atoms with Crippen molar-refractivity contribution in [2.24, 2.45) is 0 Å². The maximum Gasteiger partial charge on any atom is 0.472 e. The molecule has 1 aliphatic rings. The van der Waals surface area contributed by atoms with Gasteiger partial charge in [-0.15, -0.1) is 0 Å². The lowest BCUT2D eigenvalue weighted by Crippen LogP contribution is -2.64. The highest BCUT2D eigenvalue weighted by Crippen LogP contribution is 2.47. The summed E-state index contributed by atoms with van der Waals surface area (Å²) in [5, 5.41) is 50.1. The number of esters is 2. The number of ether oxygens (including phenoxy) is 2. The monoisotopic (exact) mass is 842 g/mol. The predicted molar refractivity (Wildman–Crippen MR) is 226 cm³/mol. The Hall–Kier alpha value is -2.45. The number of allylic oxidation sites excluding steroid dienone is 10. The molecule has 0 aromatic heterocycles. The highest BCUT2D eigenvalue weighted by molar-refractivity contribution is 7.47. The van der Waals surface area contributed by atoms with Gasteiger partial charge in [0.1, 0.15) is 43.2 Å². The number of hydrogen-bond acceptors (Lipinski definition) is 12. The summed E-state index contributed by atoms with van der Waals surface area (Å²) in [7, 11) is -5.13. The van der Waals surface area contributed by atoms with Crippen LogP contribution in [0.15, 0.2) is 60.8 Å². The molecule has 58 heavy (non-hydrogen) atoms. The van der Waals surface area contributed by atoms with Crippen molar-refractivity contribution in [3.63, 3.8) is 0 Å². The van der Waals surface area contributed by atoms with Gasteiger partial charge in [0.25, 0.3) is 0 Å². The molecule has 334 valence electrons. The first-order chi connectivity index (χ1) is 27.9. The number of carbonyl (C=O) groups is 2. The third-order valence-electron chi connectivity index (χ3n) is 9.59. The molecule has 0 spiro atoms. The van der Waals surface area contributed by atoms with E-state index >= 15 is 0 Å². The van der Waals surface area contributed by atoms with Gasteiger partial charge in [0, 0.05) is 12.8 Å². The number of hydrogen-bond donors (Lipinski definition) is 6. The summed E-state index contributed by atoms with van der Waals surface area (Å²) < 4.78 is 33.4. The Bertz CT molecular complexity index is 1250. The zero-order valence-electron chi connectivity index (χ0n) is 35.1. The molecule has 0 aromatic rings. The van der Waals surface area contributed by atoms with Crippen LogP contribution in [0.1, 0.15) is 149 Å². The molecule has 1 saturated carbocycles. The largest absolute Gasteiger partial charge is 0.472 e. The van der Waals surface area contributed by atoms with E-state index in [1.54, 1.807) is 0 Å². The van der Waals surface area contributed by atoms with Crippen LogP contribution in [0, 0.1) is 0 Å². The molecule has 1 aliphatic carbocycles. The molecule has 0 saturated heterocycles. The van der Waals surface area contributed by atoms with Gasteiger partial charge in [-0.05, 0) is 70.6 Å². The quantitative estimate of drug-likeness (QED) is 0.0159. The van der Waals surface area contributed by atoms with Crippen molar-refractivity contribution in [3.05, 3.63) is 60.8 Å². The van der Waals surface area contributed by atoms with Crippen LogP contribution in [0.25, 0.3) is 0 Å². The van der Waals surface area contributed by atoms with Crippen LogP contribution >= 0.6 is 7.82 Å². The molecule has 0 radical (unpaired) electrons. The summed E-state index contributed by atoms with van der Waals surface area (Å²) in [5.74, 6) is -1.14. The molecule has 14 heteroatoms. The van der Waals surface area contributed by atoms with Crippen LogP contribution in [0.2, 0.25) is 0 Å². The number of unbranched alkanes of at least 4 members (excludes halogenated alkanes) is 12. The summed E-state index contributed by atoms with van der Waals surface area (Å²) >= 11 is 0. The van der Waals surface area contributed by atoms with Crippen molar-refractivity contribution < 1.29 is 63.1 Å². The zero-order valence-corrected chi connectivity index (χ0v) is 36.0. The van der Waals surface area contributed by atoms with Gasteiger partial charge in [-0.2, -0.15) is 0 Å². The van der Waals surface area contributed by atoms with Crippen LogP contribution in [-0.4, -0.2) is 98.3 Å². The van der Waals surface area contributed by atoms with Crippen LogP contribution < -0.4 is 0 Å². The Morgan fingerprint density at radius 1 is 0.552 bits per heavy atom. The summed E-state index contributed by atoms with van der Waals surface area (Å²) in [4.78, 5) is 35.6. The van der Waals surface area contributed by atoms with Crippen molar-refractivity contribution in [2.45, 2.75) is 191 Å². The highest BCUT2D eigenvalue weighted by atomic mass is 31.2. The second-order valence-corrected chi connectivity index (χ2v) is 16.2. The first kappa shape index (κ1) is 53.6. The van der Waals surface area contributed by atoms with Crippen LogP contribution in [0.3, 0.4) is 0 Å². The first-order valence-corrected chi connectivity index (χ1v) is 23.1. The molecule has 6 unspecified atom stereocenters. The van der Waals surface area contributed by atoms with E-state index in [-0.39, 0.29) is 12.8 Å². The van der Waals surface area contributed by atoms with E-state index in [0.717, 1.165) is 96.3 Å². The van der Waals surface area contributed by atoms with Gasteiger partial charge in [0.05, 0.1) is 6.61 Å². The number of phosphoric acid groups is 1. The Kier molecular flexibility index (Phi) is 31.7. The van der Waals surface area contributed by atoms with E-state index in [2.05, 4.69) is 74.6 Å². The Morgan fingerprint density at radius 2 is 0.983 bits per heavy atom. The zero-order chi connectivity index (χ0) is 42.9. The maximum absolute atomic E-state index is 12.8.